The van der Waals surface area contributed by atoms with Crippen LogP contribution in [0.2, 0.25) is 5.15 Å². The van der Waals surface area contributed by atoms with Gasteiger partial charge in [-0.3, -0.25) is 9.48 Å². The largest absolute Gasteiger partial charge is 0.348 e. The van der Waals surface area contributed by atoms with Crippen molar-refractivity contribution in [2.24, 2.45) is 0 Å². The molecule has 0 aliphatic carbocycles. The third-order valence-electron chi connectivity index (χ3n) is 5.58. The summed E-state index contributed by atoms with van der Waals surface area (Å²) in [6.07, 6.45) is 8.04. The van der Waals surface area contributed by atoms with Crippen LogP contribution in [0.5, 0.6) is 0 Å². The van der Waals surface area contributed by atoms with E-state index in [1.165, 1.54) is 6.08 Å². The Hall–Kier alpha value is -2.16. The summed E-state index contributed by atoms with van der Waals surface area (Å²) in [5.74, 6) is -0.258. The molecule has 1 saturated heterocycles. The third-order valence-corrected chi connectivity index (χ3v) is 7.89. The first kappa shape index (κ1) is 24.5. The molecule has 1 amide bonds. The fourth-order valence-corrected chi connectivity index (χ4v) is 5.49. The van der Waals surface area contributed by atoms with Gasteiger partial charge < -0.3 is 5.32 Å². The monoisotopic (exact) mass is 478 g/mol. The molecule has 7 nitrogen and oxygen atoms in total. The summed E-state index contributed by atoms with van der Waals surface area (Å²) in [6, 6.07) is 6.68. The number of sulfonamides is 1. The summed E-state index contributed by atoms with van der Waals surface area (Å²) in [5.41, 5.74) is 2.34. The van der Waals surface area contributed by atoms with E-state index in [9.17, 15) is 13.2 Å². The normalized spacial score (nSPS) is 15.3. The van der Waals surface area contributed by atoms with E-state index in [2.05, 4.69) is 17.3 Å². The molecule has 2 aromatic rings. The molecule has 1 aliphatic rings. The van der Waals surface area contributed by atoms with Gasteiger partial charge in [-0.15, -0.1) is 0 Å². The van der Waals surface area contributed by atoms with Crippen molar-refractivity contribution in [1.82, 2.24) is 19.4 Å². The predicted octanol–water partition coefficient (Wildman–Crippen LogP) is 4.15. The Kier molecular flexibility index (Phi) is 8.51. The zero-order valence-corrected chi connectivity index (χ0v) is 20.3. The Bertz CT molecular complexity index is 1060. The molecule has 1 N–H and O–H groups in total. The molecule has 3 rings (SSSR count). The summed E-state index contributed by atoms with van der Waals surface area (Å²) in [7, 11) is -3.45. The van der Waals surface area contributed by atoms with Crippen LogP contribution >= 0.6 is 11.6 Å². The van der Waals surface area contributed by atoms with Crippen LogP contribution in [0.4, 0.5) is 0 Å². The van der Waals surface area contributed by atoms with Crippen LogP contribution in [0, 0.1) is 6.92 Å². The Labute approximate surface area is 195 Å². The van der Waals surface area contributed by atoms with Crippen LogP contribution in [-0.4, -0.2) is 41.5 Å². The van der Waals surface area contributed by atoms with Crippen molar-refractivity contribution < 1.29 is 13.2 Å². The van der Waals surface area contributed by atoms with E-state index in [-0.39, 0.29) is 5.91 Å². The summed E-state index contributed by atoms with van der Waals surface area (Å²) in [6.45, 7) is 6.18. The first-order valence-corrected chi connectivity index (χ1v) is 12.9. The SMILES string of the molecule is CCCCn1nc(C)c(C=CC(=O)NCc2ccc(S(=O)(=O)N3CCCCC3)cc2)c1Cl. The Morgan fingerprint density at radius 3 is 2.53 bits per heavy atom. The number of aryl methyl sites for hydroxylation is 2. The molecule has 0 atom stereocenters. The molecule has 32 heavy (non-hydrogen) atoms. The molecule has 1 aromatic heterocycles. The van der Waals surface area contributed by atoms with Gasteiger partial charge in [0.05, 0.1) is 10.6 Å². The lowest BCUT2D eigenvalue weighted by molar-refractivity contribution is -0.116. The highest BCUT2D eigenvalue weighted by atomic mass is 35.5. The second-order valence-corrected chi connectivity index (χ2v) is 10.3. The van der Waals surface area contributed by atoms with Crippen LogP contribution in [0.25, 0.3) is 6.08 Å². The lowest BCUT2D eigenvalue weighted by Crippen LogP contribution is -2.35. The van der Waals surface area contributed by atoms with Crippen LogP contribution in [-0.2, 0) is 27.9 Å². The zero-order chi connectivity index (χ0) is 23.1. The highest BCUT2D eigenvalue weighted by molar-refractivity contribution is 7.89. The number of hydrogen-bond donors (Lipinski definition) is 1. The number of hydrogen-bond acceptors (Lipinski definition) is 4. The molecule has 0 saturated carbocycles. The maximum absolute atomic E-state index is 12.7. The molecular formula is C23H31ClN4O3S. The van der Waals surface area contributed by atoms with Gasteiger partial charge in [0.15, 0.2) is 0 Å². The van der Waals surface area contributed by atoms with Gasteiger partial charge in [0.1, 0.15) is 5.15 Å². The quantitative estimate of drug-likeness (QED) is 0.549. The summed E-state index contributed by atoms with van der Waals surface area (Å²) < 4.78 is 28.8. The van der Waals surface area contributed by atoms with Crippen molar-refractivity contribution in [3.63, 3.8) is 0 Å². The number of aromatic nitrogens is 2. The minimum atomic E-state index is -3.45. The highest BCUT2D eigenvalue weighted by Crippen LogP contribution is 2.22. The van der Waals surface area contributed by atoms with E-state index in [0.717, 1.165) is 55.5 Å². The average molecular weight is 479 g/mol. The van der Waals surface area contributed by atoms with E-state index in [0.29, 0.717) is 29.7 Å². The third kappa shape index (κ3) is 5.99. The number of carbonyl (C=O) groups is 1. The molecule has 1 fully saturated rings. The van der Waals surface area contributed by atoms with Crippen molar-refractivity contribution in [3.8, 4) is 0 Å². The van der Waals surface area contributed by atoms with Gasteiger partial charge in [-0.1, -0.05) is 43.5 Å². The molecule has 0 spiro atoms. The van der Waals surface area contributed by atoms with Gasteiger partial charge in [0.25, 0.3) is 0 Å². The molecule has 9 heteroatoms. The fraction of sp³-hybridized carbons (Fsp3) is 0.478. The number of piperidine rings is 1. The number of benzene rings is 1. The minimum absolute atomic E-state index is 0.258. The molecular weight excluding hydrogens is 448 g/mol. The van der Waals surface area contributed by atoms with Gasteiger partial charge in [-0.05, 0) is 50.0 Å². The highest BCUT2D eigenvalue weighted by Gasteiger charge is 2.25. The Balaban J connectivity index is 1.57. The molecule has 1 aliphatic heterocycles. The van der Waals surface area contributed by atoms with Gasteiger partial charge >= 0.3 is 0 Å². The van der Waals surface area contributed by atoms with Crippen LogP contribution in [0.3, 0.4) is 0 Å². The van der Waals surface area contributed by atoms with E-state index < -0.39 is 10.0 Å². The molecule has 174 valence electrons. The maximum atomic E-state index is 12.7. The van der Waals surface area contributed by atoms with E-state index in [1.807, 2.05) is 6.92 Å². The van der Waals surface area contributed by atoms with E-state index in [1.54, 1.807) is 39.3 Å². The maximum Gasteiger partial charge on any atom is 0.244 e. The number of nitrogens with zero attached hydrogens (tertiary/aromatic N) is 3. The van der Waals surface area contributed by atoms with Crippen LogP contribution in [0.15, 0.2) is 35.2 Å². The second-order valence-electron chi connectivity index (χ2n) is 8.03. The lowest BCUT2D eigenvalue weighted by atomic mass is 10.2. The molecule has 2 heterocycles. The average Bonchev–Trinajstić information content (AvgIpc) is 3.08. The number of nitrogens with one attached hydrogen (secondary N) is 1. The number of unbranched alkanes of at least 4 members (excludes halogenated alkanes) is 1. The van der Waals surface area contributed by atoms with Crippen molar-refractivity contribution in [1.29, 1.82) is 0 Å². The number of carbonyl (C=O) groups excluding carboxylic acids is 1. The van der Waals surface area contributed by atoms with Crippen molar-refractivity contribution in [2.45, 2.75) is 63.9 Å². The zero-order valence-electron chi connectivity index (χ0n) is 18.7. The predicted molar refractivity (Wildman–Crippen MR) is 127 cm³/mol. The van der Waals surface area contributed by atoms with Crippen LogP contribution in [0.1, 0.15) is 55.8 Å². The number of rotatable bonds is 9. The van der Waals surface area contributed by atoms with Crippen molar-refractivity contribution >= 4 is 33.6 Å². The van der Waals surface area contributed by atoms with Gasteiger partial charge in [-0.25, -0.2) is 8.42 Å². The molecule has 0 unspecified atom stereocenters. The lowest BCUT2D eigenvalue weighted by Gasteiger charge is -2.25. The minimum Gasteiger partial charge on any atom is -0.348 e. The van der Waals surface area contributed by atoms with E-state index in [4.69, 9.17) is 11.6 Å². The first-order chi connectivity index (χ1) is 15.3. The Morgan fingerprint density at radius 2 is 1.88 bits per heavy atom. The summed E-state index contributed by atoms with van der Waals surface area (Å²) in [4.78, 5) is 12.5. The number of halogens is 1. The van der Waals surface area contributed by atoms with Crippen molar-refractivity contribution in [2.75, 3.05) is 13.1 Å². The standard InChI is InChI=1S/C23H31ClN4O3S/c1-3-4-16-28-23(24)21(18(2)26-28)12-13-22(29)25-17-19-8-10-20(11-9-19)32(30,31)27-14-6-5-7-15-27/h8-13H,3-7,14-17H2,1-2H3,(H,25,29). The topological polar surface area (TPSA) is 84.3 Å². The van der Waals surface area contributed by atoms with Gasteiger partial charge in [-0.2, -0.15) is 9.40 Å². The van der Waals surface area contributed by atoms with Crippen molar-refractivity contribution in [3.05, 3.63) is 52.3 Å². The Morgan fingerprint density at radius 1 is 1.19 bits per heavy atom. The molecule has 0 radical (unpaired) electrons. The second kappa shape index (κ2) is 11.1. The summed E-state index contributed by atoms with van der Waals surface area (Å²) in [5, 5.41) is 7.78. The number of amides is 1. The molecule has 1 aromatic carbocycles. The van der Waals surface area contributed by atoms with Gasteiger partial charge in [0.2, 0.25) is 15.9 Å². The fourth-order valence-electron chi connectivity index (χ4n) is 3.65. The summed E-state index contributed by atoms with van der Waals surface area (Å²) >= 11 is 6.39. The van der Waals surface area contributed by atoms with Crippen LogP contribution < -0.4 is 5.32 Å². The molecule has 0 bridgehead atoms. The van der Waals surface area contributed by atoms with Gasteiger partial charge in [0, 0.05) is 37.8 Å². The first-order valence-electron chi connectivity index (χ1n) is 11.1. The smallest absolute Gasteiger partial charge is 0.244 e. The van der Waals surface area contributed by atoms with E-state index >= 15 is 0 Å².